The van der Waals surface area contributed by atoms with Crippen LogP contribution in [0.1, 0.15) is 54.0 Å². The molecule has 0 heterocycles. The topological polar surface area (TPSA) is 52.6 Å². The monoisotopic (exact) mass is 340 g/mol. The second kappa shape index (κ2) is 29.0. The minimum atomic E-state index is -0.359. The number of hydrogen-bond acceptors (Lipinski definition) is 4. The highest BCUT2D eigenvalue weighted by Gasteiger charge is 1.86. The Bertz CT molecular complexity index is 372. The van der Waals surface area contributed by atoms with Gasteiger partial charge in [-0.15, -0.1) is 0 Å². The summed E-state index contributed by atoms with van der Waals surface area (Å²) in [5.74, 6) is -0.569. The lowest BCUT2D eigenvalue weighted by atomic mass is 10.2. The summed E-state index contributed by atoms with van der Waals surface area (Å²) < 4.78 is 8.84. The highest BCUT2D eigenvalue weighted by atomic mass is 16.5. The zero-order chi connectivity index (χ0) is 19.8. The zero-order valence-corrected chi connectivity index (χ0v) is 16.7. The molecule has 4 nitrogen and oxygen atoms in total. The smallest absolute Gasteiger partial charge is 0.330 e. The summed E-state index contributed by atoms with van der Waals surface area (Å²) in [6.07, 6.45) is 1.14. The Morgan fingerprint density at radius 2 is 1.38 bits per heavy atom. The van der Waals surface area contributed by atoms with Gasteiger partial charge in [-0.1, -0.05) is 70.2 Å². The molecule has 1 aromatic carbocycles. The summed E-state index contributed by atoms with van der Waals surface area (Å²) in [5, 5.41) is 0. The van der Waals surface area contributed by atoms with Gasteiger partial charge in [0.1, 0.15) is 0 Å². The fourth-order valence-electron chi connectivity index (χ4n) is 0.939. The van der Waals surface area contributed by atoms with Crippen LogP contribution in [0.15, 0.2) is 43.0 Å². The normalized spacial score (nSPS) is 7.17. The predicted molar refractivity (Wildman–Crippen MR) is 103 cm³/mol. The Balaban J connectivity index is -0.000000113. The third-order valence-corrected chi connectivity index (χ3v) is 1.74. The first-order valence-corrected chi connectivity index (χ1v) is 8.42. The van der Waals surface area contributed by atoms with Gasteiger partial charge in [-0.25, -0.2) is 4.79 Å². The fraction of sp³-hybridized carbons (Fsp3) is 0.500. The molecule has 0 aliphatic carbocycles. The van der Waals surface area contributed by atoms with Gasteiger partial charge in [-0.3, -0.25) is 4.79 Å². The van der Waals surface area contributed by atoms with Gasteiger partial charge in [0.2, 0.25) is 0 Å². The maximum absolute atomic E-state index is 10.1. The van der Waals surface area contributed by atoms with Crippen LogP contribution >= 0.6 is 0 Å². The van der Waals surface area contributed by atoms with E-state index in [9.17, 15) is 9.59 Å². The molecule has 0 aliphatic heterocycles. The standard InChI is InChI=1S/C7H8.C5H8O2.C4H8O2.2C2H6/c1-7-5-3-2-4-6-7;1-3-5(6)7-4-2;1-3-6-4(2)5;2*1-2/h2-6H,1H3;3H,1,4H2,2H3;3H2,1-2H3;2*1-2H3. The molecule has 140 valence electrons. The Morgan fingerprint density at radius 3 is 1.50 bits per heavy atom. The van der Waals surface area contributed by atoms with E-state index < -0.39 is 0 Å². The summed E-state index contributed by atoms with van der Waals surface area (Å²) in [4.78, 5) is 19.9. The molecule has 0 saturated heterocycles. The average molecular weight is 341 g/mol. The number of carbonyl (C=O) groups is 2. The number of benzene rings is 1. The first-order valence-electron chi connectivity index (χ1n) is 8.42. The quantitative estimate of drug-likeness (QED) is 0.549. The Morgan fingerprint density at radius 1 is 0.958 bits per heavy atom. The maximum atomic E-state index is 10.1. The molecule has 0 bridgehead atoms. The predicted octanol–water partition coefficient (Wildman–Crippen LogP) is 5.35. The minimum Gasteiger partial charge on any atom is -0.466 e. The molecule has 1 aromatic rings. The van der Waals surface area contributed by atoms with Crippen molar-refractivity contribution >= 4 is 11.9 Å². The number of rotatable bonds is 3. The fourth-order valence-corrected chi connectivity index (χ4v) is 0.939. The molecule has 0 aliphatic rings. The second-order valence-corrected chi connectivity index (χ2v) is 3.54. The molecular weight excluding hydrogens is 304 g/mol. The van der Waals surface area contributed by atoms with Crippen LogP contribution in [-0.2, 0) is 19.1 Å². The van der Waals surface area contributed by atoms with E-state index in [4.69, 9.17) is 0 Å². The first-order chi connectivity index (χ1) is 11.5. The lowest BCUT2D eigenvalue weighted by molar-refractivity contribution is -0.140. The average Bonchev–Trinajstić information content (AvgIpc) is 2.60. The van der Waals surface area contributed by atoms with Gasteiger partial charge < -0.3 is 9.47 Å². The molecular formula is C20H36O4. The molecule has 0 unspecified atom stereocenters. The van der Waals surface area contributed by atoms with Crippen LogP contribution in [0, 0.1) is 6.92 Å². The zero-order valence-electron chi connectivity index (χ0n) is 16.7. The van der Waals surface area contributed by atoms with E-state index in [2.05, 4.69) is 35.1 Å². The van der Waals surface area contributed by atoms with Crippen molar-refractivity contribution in [3.8, 4) is 0 Å². The van der Waals surface area contributed by atoms with Gasteiger partial charge in [-0.2, -0.15) is 0 Å². The molecule has 0 aromatic heterocycles. The van der Waals surface area contributed by atoms with Crippen molar-refractivity contribution < 1.29 is 19.1 Å². The van der Waals surface area contributed by atoms with Crippen molar-refractivity contribution in [2.24, 2.45) is 0 Å². The summed E-state index contributed by atoms with van der Waals surface area (Å²) in [7, 11) is 0. The number of esters is 2. The number of carbonyl (C=O) groups excluding carboxylic acids is 2. The van der Waals surface area contributed by atoms with Crippen LogP contribution in [0.5, 0.6) is 0 Å². The van der Waals surface area contributed by atoms with E-state index in [-0.39, 0.29) is 11.9 Å². The van der Waals surface area contributed by atoms with Crippen molar-refractivity contribution in [3.05, 3.63) is 48.6 Å². The second-order valence-electron chi connectivity index (χ2n) is 3.54. The molecule has 0 amide bonds. The van der Waals surface area contributed by atoms with Gasteiger partial charge in [0.15, 0.2) is 0 Å². The SMILES string of the molecule is C=CC(=O)OCC.CC.CC.CCOC(C)=O.Cc1ccccc1. The van der Waals surface area contributed by atoms with Crippen LogP contribution in [0.2, 0.25) is 0 Å². The van der Waals surface area contributed by atoms with Crippen molar-refractivity contribution in [2.75, 3.05) is 13.2 Å². The molecule has 24 heavy (non-hydrogen) atoms. The lowest BCUT2D eigenvalue weighted by Crippen LogP contribution is -1.97. The van der Waals surface area contributed by atoms with Crippen molar-refractivity contribution in [1.29, 1.82) is 0 Å². The van der Waals surface area contributed by atoms with Crippen LogP contribution in [0.4, 0.5) is 0 Å². The van der Waals surface area contributed by atoms with Crippen LogP contribution in [0.25, 0.3) is 0 Å². The van der Waals surface area contributed by atoms with Gasteiger partial charge in [0, 0.05) is 13.0 Å². The molecule has 0 fully saturated rings. The Kier molecular flexibility index (Phi) is 36.0. The first kappa shape index (κ1) is 29.9. The van der Waals surface area contributed by atoms with Crippen LogP contribution in [0.3, 0.4) is 0 Å². The lowest BCUT2D eigenvalue weighted by Gasteiger charge is -1.90. The number of ether oxygens (including phenoxy) is 2. The highest BCUT2D eigenvalue weighted by Crippen LogP contribution is 1.92. The molecule has 1 rings (SSSR count). The van der Waals surface area contributed by atoms with E-state index in [1.165, 1.54) is 12.5 Å². The van der Waals surface area contributed by atoms with Gasteiger partial charge in [-0.05, 0) is 20.8 Å². The third kappa shape index (κ3) is 36.8. The molecule has 0 saturated carbocycles. The number of hydrogen-bond donors (Lipinski definition) is 0. The van der Waals surface area contributed by atoms with Gasteiger partial charge >= 0.3 is 11.9 Å². The molecule has 4 heteroatoms. The molecule has 0 radical (unpaired) electrons. The van der Waals surface area contributed by atoms with E-state index in [1.54, 1.807) is 13.8 Å². The van der Waals surface area contributed by atoms with Crippen molar-refractivity contribution in [1.82, 2.24) is 0 Å². The van der Waals surface area contributed by atoms with Crippen LogP contribution < -0.4 is 0 Å². The van der Waals surface area contributed by atoms with E-state index in [1.807, 2.05) is 45.9 Å². The summed E-state index contributed by atoms with van der Waals surface area (Å²) in [6.45, 7) is 19.1. The van der Waals surface area contributed by atoms with Gasteiger partial charge in [0.05, 0.1) is 13.2 Å². The van der Waals surface area contributed by atoms with E-state index in [0.29, 0.717) is 13.2 Å². The highest BCUT2D eigenvalue weighted by molar-refractivity contribution is 5.81. The van der Waals surface area contributed by atoms with Gasteiger partial charge in [0.25, 0.3) is 0 Å². The van der Waals surface area contributed by atoms with Crippen molar-refractivity contribution in [2.45, 2.75) is 55.4 Å². The minimum absolute atomic E-state index is 0.211. The molecule has 0 atom stereocenters. The van der Waals surface area contributed by atoms with Crippen LogP contribution in [-0.4, -0.2) is 25.2 Å². The number of aryl methyl sites for hydroxylation is 1. The Labute approximate surface area is 148 Å². The van der Waals surface area contributed by atoms with E-state index >= 15 is 0 Å². The summed E-state index contributed by atoms with van der Waals surface area (Å²) >= 11 is 0. The van der Waals surface area contributed by atoms with E-state index in [0.717, 1.165) is 6.08 Å². The summed E-state index contributed by atoms with van der Waals surface area (Å²) in [6, 6.07) is 10.3. The summed E-state index contributed by atoms with van der Waals surface area (Å²) in [5.41, 5.74) is 1.32. The third-order valence-electron chi connectivity index (χ3n) is 1.74. The maximum Gasteiger partial charge on any atom is 0.330 e. The van der Waals surface area contributed by atoms with Crippen molar-refractivity contribution in [3.63, 3.8) is 0 Å². The molecule has 0 spiro atoms. The largest absolute Gasteiger partial charge is 0.466 e. The Hall–Kier alpha value is -2.10. The molecule has 0 N–H and O–H groups in total.